The number of likely N-dealkylation sites (N-methyl/N-ethyl adjacent to an activating group) is 1. The number of halogens is 1. The number of ether oxygens (including phenoxy) is 8. The maximum atomic E-state index is 14.9. The predicted molar refractivity (Wildman–Crippen MR) is 314 cm³/mol. The fourth-order valence-electron chi connectivity index (χ4n) is 10.7. The van der Waals surface area contributed by atoms with Crippen molar-refractivity contribution in [3.63, 3.8) is 0 Å². The number of imide groups is 1. The van der Waals surface area contributed by atoms with Gasteiger partial charge in [-0.2, -0.15) is 0 Å². The zero-order valence-electron chi connectivity index (χ0n) is 48.9. The molecule has 4 amide bonds. The summed E-state index contributed by atoms with van der Waals surface area (Å²) in [5.41, 5.74) is 1.42. The van der Waals surface area contributed by atoms with Crippen LogP contribution < -0.4 is 32.2 Å². The highest BCUT2D eigenvalue weighted by Gasteiger charge is 2.47. The summed E-state index contributed by atoms with van der Waals surface area (Å²) < 4.78 is 87.4. The molecule has 2 saturated heterocycles. The van der Waals surface area contributed by atoms with Crippen molar-refractivity contribution in [3.8, 4) is 34.5 Å². The number of carbonyl (C=O) groups excluding carboxylic acids is 4. The number of amides is 4. The van der Waals surface area contributed by atoms with Crippen molar-refractivity contribution in [1.82, 2.24) is 29.8 Å². The van der Waals surface area contributed by atoms with E-state index < -0.39 is 126 Å². The Morgan fingerprint density at radius 2 is 1.38 bits per heavy atom. The number of aromatic amines is 1. The molecular formula is C58H66ClN7O24S. The van der Waals surface area contributed by atoms with E-state index in [1.54, 1.807) is 29.1 Å². The zero-order valence-corrected chi connectivity index (χ0v) is 50.5. The number of fused-ring (bicyclic) bond motifs is 4. The van der Waals surface area contributed by atoms with Crippen molar-refractivity contribution in [2.24, 2.45) is 0 Å². The van der Waals surface area contributed by atoms with E-state index in [-0.39, 0.29) is 97.0 Å². The van der Waals surface area contributed by atoms with Gasteiger partial charge in [0.2, 0.25) is 12.6 Å². The topological polar surface area (TPSA) is 413 Å². The summed E-state index contributed by atoms with van der Waals surface area (Å²) in [6.07, 6.45) is -12.4. The average Bonchev–Trinajstić information content (AvgIpc) is 1.64. The molecule has 0 saturated carbocycles. The van der Waals surface area contributed by atoms with E-state index in [2.05, 4.69) is 15.3 Å². The molecule has 10 rings (SSSR count). The summed E-state index contributed by atoms with van der Waals surface area (Å²) in [7, 11) is -1.17. The molecule has 2 aromatic heterocycles. The van der Waals surface area contributed by atoms with Crippen molar-refractivity contribution in [2.75, 3.05) is 91.3 Å². The van der Waals surface area contributed by atoms with Gasteiger partial charge in [0.1, 0.15) is 60.3 Å². The van der Waals surface area contributed by atoms with Gasteiger partial charge in [-0.25, -0.2) is 4.68 Å². The Balaban J connectivity index is 0.866. The van der Waals surface area contributed by atoms with Gasteiger partial charge in [0.05, 0.1) is 83.8 Å². The van der Waals surface area contributed by atoms with Crippen LogP contribution in [-0.2, 0) is 51.9 Å². The smallest absolute Gasteiger partial charge is 0.497 e. The molecule has 1 unspecified atom stereocenters. The number of carbonyl (C=O) groups is 4. The number of nitrogens with one attached hydrogen (secondary N) is 1. The Kier molecular flexibility index (Phi) is 20.6. The summed E-state index contributed by atoms with van der Waals surface area (Å²) >= 11 is 6.63. The fourth-order valence-corrected chi connectivity index (χ4v) is 11.7. The molecule has 33 heteroatoms. The van der Waals surface area contributed by atoms with Crippen LogP contribution in [0.3, 0.4) is 0 Å². The Morgan fingerprint density at radius 3 is 2.04 bits per heavy atom. The Labute approximate surface area is 523 Å². The van der Waals surface area contributed by atoms with Crippen LogP contribution in [0.15, 0.2) is 79.0 Å². The quantitative estimate of drug-likeness (QED) is 0.0174. The Morgan fingerprint density at radius 1 is 0.736 bits per heavy atom. The van der Waals surface area contributed by atoms with Gasteiger partial charge < -0.3 is 102 Å². The number of hydrogen-bond donors (Lipinski definition) is 9. The minimum absolute atomic E-state index is 0.00555. The van der Waals surface area contributed by atoms with Crippen LogP contribution in [0.1, 0.15) is 38.0 Å². The van der Waals surface area contributed by atoms with Crippen LogP contribution in [0.25, 0.3) is 21.7 Å². The number of rotatable bonds is 27. The summed E-state index contributed by atoms with van der Waals surface area (Å²) in [4.78, 5) is 59.1. The van der Waals surface area contributed by atoms with Crippen molar-refractivity contribution >= 4 is 73.0 Å². The number of methoxy groups -OCH3 is 2. The summed E-state index contributed by atoms with van der Waals surface area (Å²) in [6, 6.07) is 13.9. The van der Waals surface area contributed by atoms with Crippen molar-refractivity contribution < 1.29 is 115 Å². The predicted octanol–water partition coefficient (Wildman–Crippen LogP) is -0.754. The molecule has 490 valence electrons. The third kappa shape index (κ3) is 14.2. The minimum atomic E-state index is -5.36. The third-order valence-corrected chi connectivity index (χ3v) is 16.7. The highest BCUT2D eigenvalue weighted by Crippen LogP contribution is 2.48. The van der Waals surface area contributed by atoms with E-state index in [4.69, 9.17) is 57.9 Å². The van der Waals surface area contributed by atoms with Crippen LogP contribution in [0.5, 0.6) is 34.5 Å². The van der Waals surface area contributed by atoms with Gasteiger partial charge in [0.25, 0.3) is 23.6 Å². The number of nitrogens with zero attached hydrogens (tertiary/aromatic N) is 6. The molecule has 11 atom stereocenters. The summed E-state index contributed by atoms with van der Waals surface area (Å²) in [5, 5.41) is 92.2. The lowest BCUT2D eigenvalue weighted by atomic mass is 9.95. The van der Waals surface area contributed by atoms with E-state index in [1.807, 2.05) is 0 Å². The lowest BCUT2D eigenvalue weighted by Crippen LogP contribution is -2.60. The van der Waals surface area contributed by atoms with Crippen molar-refractivity contribution in [3.05, 3.63) is 102 Å². The van der Waals surface area contributed by atoms with E-state index in [1.165, 1.54) is 73.6 Å². The highest BCUT2D eigenvalue weighted by molar-refractivity contribution is 7.82. The Hall–Kier alpha value is -7.80. The molecule has 31 nitrogen and oxygen atoms in total. The number of H-pyrrole nitrogens is 1. The molecule has 9 N–H and O–H groups in total. The second-order valence-electron chi connectivity index (χ2n) is 21.4. The second kappa shape index (κ2) is 28.4. The van der Waals surface area contributed by atoms with Gasteiger partial charge in [0, 0.05) is 79.1 Å². The number of aliphatic hydroxyl groups is 8. The number of anilines is 1. The molecule has 91 heavy (non-hydrogen) atoms. The number of aliphatic hydroxyl groups excluding tert-OH is 8. The van der Waals surface area contributed by atoms with E-state index in [9.17, 15) is 68.4 Å². The van der Waals surface area contributed by atoms with Gasteiger partial charge in [-0.15, -0.1) is 25.1 Å². The molecular weight excluding hydrogens is 1250 g/mol. The zero-order chi connectivity index (χ0) is 65.0. The largest absolute Gasteiger partial charge is 0.501 e. The summed E-state index contributed by atoms with van der Waals surface area (Å²) in [5.74, 6) is -3.81. The lowest BCUT2D eigenvalue weighted by Gasteiger charge is -2.39. The van der Waals surface area contributed by atoms with Crippen LogP contribution in [0.2, 0.25) is 0 Å². The molecule has 6 aromatic rings. The monoisotopic (exact) mass is 1310 g/mol. The van der Waals surface area contributed by atoms with Crippen LogP contribution in [-0.4, -0.2) is 251 Å². The van der Waals surface area contributed by atoms with Crippen molar-refractivity contribution in [2.45, 2.75) is 80.3 Å². The normalized spacial score (nSPS) is 24.1. The average molecular weight is 1310 g/mol. The fraction of sp³-hybridized carbons (Fsp3) is 0.448. The van der Waals surface area contributed by atoms with Gasteiger partial charge in [-0.05, 0) is 65.5 Å². The van der Waals surface area contributed by atoms with Crippen molar-refractivity contribution in [1.29, 1.82) is 0 Å². The van der Waals surface area contributed by atoms with Crippen LogP contribution in [0.4, 0.5) is 5.69 Å². The maximum Gasteiger partial charge on any atom is 0.501 e. The molecule has 4 aromatic carbocycles. The summed E-state index contributed by atoms with van der Waals surface area (Å²) in [6.45, 7) is -0.462. The number of aromatic nitrogens is 4. The molecule has 0 spiro atoms. The molecule has 4 aliphatic heterocycles. The van der Waals surface area contributed by atoms with E-state index in [0.717, 1.165) is 17.0 Å². The highest BCUT2D eigenvalue weighted by atomic mass is 35.5. The third-order valence-electron chi connectivity index (χ3n) is 15.6. The first-order valence-electron chi connectivity index (χ1n) is 28.4. The lowest BCUT2D eigenvalue weighted by molar-refractivity contribution is -0.277. The van der Waals surface area contributed by atoms with Crippen LogP contribution in [0, 0.1) is 0 Å². The number of alkyl halides is 1. The van der Waals surface area contributed by atoms with Gasteiger partial charge in [-0.3, -0.25) is 24.1 Å². The molecule has 0 bridgehead atoms. The van der Waals surface area contributed by atoms with Gasteiger partial charge >= 0.3 is 10.4 Å². The number of hydrogen-bond acceptors (Lipinski definition) is 26. The maximum absolute atomic E-state index is 14.9. The molecule has 0 aliphatic carbocycles. The molecule has 2 fully saturated rings. The number of benzene rings is 4. The van der Waals surface area contributed by atoms with E-state index >= 15 is 0 Å². The molecule has 0 radical (unpaired) electrons. The van der Waals surface area contributed by atoms with Gasteiger partial charge in [-0.1, -0.05) is 5.21 Å². The van der Waals surface area contributed by atoms with Crippen LogP contribution >= 0.6 is 11.6 Å². The Bertz CT molecular complexity index is 3770. The molecule has 4 aliphatic rings. The molecule has 6 heterocycles. The van der Waals surface area contributed by atoms with E-state index in [0.29, 0.717) is 40.7 Å². The van der Waals surface area contributed by atoms with Gasteiger partial charge in [0.15, 0.2) is 28.7 Å². The standard InChI is InChI=1S/C58H66ClN7O24S/c1-63(13-17-84-18-14-64-26-32(61-62-64)12-16-83-19-15-65-44(69)10-11-45(65)70)55(77)30-5-8-38(85-57-52(75)50(73)48(71)42(27-67)87-57)41(21-30)90-91(79,80)89-40-23-37-46(35-22-33(81-2)6-7-34(35)40)31(24-59)25-66(37)56(78)36-20-29-4-9-39(54(82-3)47(29)60-36)86-58-53(76)51(74)49(72)43(28-68)88-58/h4-11,20-23,26,31,42-43,48-53,57-58,60,67-68,71-76H,12-19,24-25,27-28H2,1-3H3/t31-,42-,43-,48+,49+,50+,51+,52-,53-,57-,58?/m1/s1. The first kappa shape index (κ1) is 66.1. The first-order chi connectivity index (χ1) is 43.6. The minimum Gasteiger partial charge on any atom is -0.497 e. The second-order valence-corrected chi connectivity index (χ2v) is 22.9. The SMILES string of the molecule is COc1ccc2c(OS(=O)(=O)Oc3cc(C(=O)N(C)CCOCCn4cc(CCOCCN5C(=O)C=CC5=O)nn4)ccc3O[C@@H]3O[C@H](CO)[C@H](O)[C@H](O)[C@H]3O)cc3c(c2c1)[C@H](CCl)CN3C(=O)c1cc2ccc(OC3O[C@H](CO)[C@H](O)[C@H](O)[C@H]3O)c(OC)c2[nH]1. The first-order valence-corrected chi connectivity index (χ1v) is 30.3.